The van der Waals surface area contributed by atoms with E-state index in [0.29, 0.717) is 6.54 Å². The Kier molecular flexibility index (Phi) is 4.44. The second-order valence-electron chi connectivity index (χ2n) is 7.01. The van der Waals surface area contributed by atoms with Crippen molar-refractivity contribution in [3.05, 3.63) is 35.4 Å². The molecule has 1 aromatic carbocycles. The molecule has 2 unspecified atom stereocenters. The monoisotopic (exact) mass is 305 g/mol. The molecule has 22 heavy (non-hydrogen) atoms. The molecule has 2 rings (SSSR count). The van der Waals surface area contributed by atoms with Gasteiger partial charge in [-0.25, -0.2) is 9.59 Å². The number of amides is 1. The molecule has 0 radical (unpaired) electrons. The average Bonchev–Trinajstić information content (AvgIpc) is 2.45. The van der Waals surface area contributed by atoms with Crippen molar-refractivity contribution in [1.82, 2.24) is 4.90 Å². The van der Waals surface area contributed by atoms with Gasteiger partial charge in [0, 0.05) is 12.6 Å². The van der Waals surface area contributed by atoms with Crippen LogP contribution in [0.1, 0.15) is 55.5 Å². The van der Waals surface area contributed by atoms with Crippen LogP contribution >= 0.6 is 0 Å². The third kappa shape index (κ3) is 3.40. The van der Waals surface area contributed by atoms with Crippen molar-refractivity contribution in [2.24, 2.45) is 5.41 Å². The highest BCUT2D eigenvalue weighted by Crippen LogP contribution is 2.39. The summed E-state index contributed by atoms with van der Waals surface area (Å²) in [6.07, 6.45) is 0.674. The van der Waals surface area contributed by atoms with E-state index >= 15 is 0 Å². The van der Waals surface area contributed by atoms with Gasteiger partial charge < -0.3 is 15.1 Å². The Morgan fingerprint density at radius 2 is 1.73 bits per heavy atom. The zero-order chi connectivity index (χ0) is 16.5. The zero-order valence-electron chi connectivity index (χ0n) is 13.2. The van der Waals surface area contributed by atoms with Gasteiger partial charge in [-0.3, -0.25) is 0 Å². The normalized spacial score (nSPS) is 22.4. The van der Waals surface area contributed by atoms with Gasteiger partial charge in [-0.05, 0) is 41.9 Å². The Hall–Kier alpha value is -2.04. The average molecular weight is 305 g/mol. The van der Waals surface area contributed by atoms with Crippen molar-refractivity contribution in [2.45, 2.75) is 45.6 Å². The molecule has 5 heteroatoms. The molecule has 0 spiro atoms. The molecule has 0 saturated carbocycles. The maximum Gasteiger partial charge on any atom is 0.407 e. The second-order valence-corrected chi connectivity index (χ2v) is 7.01. The molecule has 0 bridgehead atoms. The lowest BCUT2D eigenvalue weighted by molar-refractivity contribution is 0.0525. The first kappa shape index (κ1) is 16.3. The Balaban J connectivity index is 2.20. The third-order valence-corrected chi connectivity index (χ3v) is 4.48. The highest BCUT2D eigenvalue weighted by Gasteiger charge is 2.38. The first-order valence-corrected chi connectivity index (χ1v) is 7.53. The molecular weight excluding hydrogens is 282 g/mol. The Labute approximate surface area is 130 Å². The van der Waals surface area contributed by atoms with E-state index in [2.05, 4.69) is 20.8 Å². The summed E-state index contributed by atoms with van der Waals surface area (Å²) in [6, 6.07) is 6.90. The van der Waals surface area contributed by atoms with E-state index in [4.69, 9.17) is 5.11 Å². The van der Waals surface area contributed by atoms with Crippen LogP contribution in [0.25, 0.3) is 0 Å². The molecule has 1 amide bonds. The molecule has 1 aromatic rings. The number of carboxylic acid groups (broad SMARTS) is 2. The van der Waals surface area contributed by atoms with E-state index in [0.717, 1.165) is 18.4 Å². The quantitative estimate of drug-likeness (QED) is 0.874. The number of likely N-dealkylation sites (tertiary alicyclic amines) is 1. The van der Waals surface area contributed by atoms with Crippen LogP contribution in [-0.4, -0.2) is 39.8 Å². The van der Waals surface area contributed by atoms with Crippen LogP contribution in [-0.2, 0) is 0 Å². The SMILES string of the molecule is CC(C)(C)C1CC(c2ccc(C(=O)O)cc2)CCN1C(=O)O. The summed E-state index contributed by atoms with van der Waals surface area (Å²) < 4.78 is 0. The molecule has 120 valence electrons. The van der Waals surface area contributed by atoms with Crippen LogP contribution in [0.3, 0.4) is 0 Å². The molecule has 2 atom stereocenters. The van der Waals surface area contributed by atoms with Crippen molar-refractivity contribution in [2.75, 3.05) is 6.54 Å². The number of piperidine rings is 1. The molecule has 1 heterocycles. The number of benzene rings is 1. The number of aromatic carboxylic acids is 1. The van der Waals surface area contributed by atoms with Gasteiger partial charge in [-0.15, -0.1) is 0 Å². The summed E-state index contributed by atoms with van der Waals surface area (Å²) in [5.74, 6) is -0.664. The van der Waals surface area contributed by atoms with Crippen LogP contribution in [0.15, 0.2) is 24.3 Å². The predicted octanol–water partition coefficient (Wildman–Crippen LogP) is 3.66. The molecule has 1 fully saturated rings. The van der Waals surface area contributed by atoms with Crippen molar-refractivity contribution in [3.63, 3.8) is 0 Å². The first-order valence-electron chi connectivity index (χ1n) is 7.53. The van der Waals surface area contributed by atoms with E-state index in [1.165, 1.54) is 0 Å². The van der Waals surface area contributed by atoms with E-state index in [-0.39, 0.29) is 22.9 Å². The number of nitrogens with zero attached hydrogens (tertiary/aromatic N) is 1. The number of rotatable bonds is 2. The summed E-state index contributed by atoms with van der Waals surface area (Å²) >= 11 is 0. The van der Waals surface area contributed by atoms with E-state index in [1.807, 2.05) is 12.1 Å². The fraction of sp³-hybridized carbons (Fsp3) is 0.529. The van der Waals surface area contributed by atoms with Gasteiger partial charge in [0.15, 0.2) is 0 Å². The molecule has 2 N–H and O–H groups in total. The van der Waals surface area contributed by atoms with Gasteiger partial charge in [0.2, 0.25) is 0 Å². The number of hydrogen-bond donors (Lipinski definition) is 2. The van der Waals surface area contributed by atoms with Crippen molar-refractivity contribution < 1.29 is 19.8 Å². The minimum absolute atomic E-state index is 0.0390. The lowest BCUT2D eigenvalue weighted by atomic mass is 9.75. The minimum atomic E-state index is -0.931. The summed E-state index contributed by atoms with van der Waals surface area (Å²) in [7, 11) is 0. The molecule has 0 aliphatic carbocycles. The molecule has 0 aromatic heterocycles. The molecule has 1 aliphatic heterocycles. The van der Waals surface area contributed by atoms with Crippen LogP contribution in [0.4, 0.5) is 4.79 Å². The van der Waals surface area contributed by atoms with E-state index in [1.54, 1.807) is 17.0 Å². The summed E-state index contributed by atoms with van der Waals surface area (Å²) in [4.78, 5) is 23.9. The van der Waals surface area contributed by atoms with Gasteiger partial charge in [-0.1, -0.05) is 32.9 Å². The van der Waals surface area contributed by atoms with Crippen LogP contribution < -0.4 is 0 Å². The Morgan fingerprint density at radius 3 is 2.18 bits per heavy atom. The highest BCUT2D eigenvalue weighted by molar-refractivity contribution is 5.87. The fourth-order valence-corrected chi connectivity index (χ4v) is 3.22. The van der Waals surface area contributed by atoms with Gasteiger partial charge in [-0.2, -0.15) is 0 Å². The lowest BCUT2D eigenvalue weighted by Gasteiger charge is -2.44. The van der Waals surface area contributed by atoms with Crippen LogP contribution in [0.5, 0.6) is 0 Å². The molecule has 5 nitrogen and oxygen atoms in total. The van der Waals surface area contributed by atoms with Gasteiger partial charge in [0.1, 0.15) is 0 Å². The van der Waals surface area contributed by atoms with Gasteiger partial charge in [0.05, 0.1) is 5.56 Å². The lowest BCUT2D eigenvalue weighted by Crippen LogP contribution is -2.51. The largest absolute Gasteiger partial charge is 0.478 e. The standard InChI is InChI=1S/C17H23NO4/c1-17(2,3)14-10-13(8-9-18(14)16(21)22)11-4-6-12(7-5-11)15(19)20/h4-7,13-14H,8-10H2,1-3H3,(H,19,20)(H,21,22). The summed E-state index contributed by atoms with van der Waals surface area (Å²) in [5.41, 5.74) is 1.24. The Bertz CT molecular complexity index is 559. The van der Waals surface area contributed by atoms with Gasteiger partial charge >= 0.3 is 12.1 Å². The molecular formula is C17H23NO4. The fourth-order valence-electron chi connectivity index (χ4n) is 3.22. The molecule has 1 aliphatic rings. The number of carboxylic acids is 1. The first-order chi connectivity index (χ1) is 10.2. The maximum absolute atomic E-state index is 11.4. The zero-order valence-corrected chi connectivity index (χ0v) is 13.2. The van der Waals surface area contributed by atoms with Gasteiger partial charge in [0.25, 0.3) is 0 Å². The smallest absolute Gasteiger partial charge is 0.407 e. The number of hydrogen-bond acceptors (Lipinski definition) is 2. The Morgan fingerprint density at radius 1 is 1.14 bits per heavy atom. The maximum atomic E-state index is 11.4. The third-order valence-electron chi connectivity index (χ3n) is 4.48. The minimum Gasteiger partial charge on any atom is -0.478 e. The van der Waals surface area contributed by atoms with Crippen molar-refractivity contribution >= 4 is 12.1 Å². The van der Waals surface area contributed by atoms with Crippen LogP contribution in [0, 0.1) is 5.41 Å². The number of carbonyl (C=O) groups is 2. The summed E-state index contributed by atoms with van der Waals surface area (Å²) in [6.45, 7) is 6.69. The topological polar surface area (TPSA) is 77.8 Å². The second kappa shape index (κ2) is 5.99. The van der Waals surface area contributed by atoms with E-state index in [9.17, 15) is 14.7 Å². The summed E-state index contributed by atoms with van der Waals surface area (Å²) in [5, 5.41) is 18.3. The van der Waals surface area contributed by atoms with Crippen LogP contribution in [0.2, 0.25) is 0 Å². The highest BCUT2D eigenvalue weighted by atomic mass is 16.4. The van der Waals surface area contributed by atoms with E-state index < -0.39 is 12.1 Å². The predicted molar refractivity (Wildman–Crippen MR) is 83.4 cm³/mol. The molecule has 1 saturated heterocycles. The van der Waals surface area contributed by atoms with Crippen molar-refractivity contribution in [3.8, 4) is 0 Å². The van der Waals surface area contributed by atoms with Crippen molar-refractivity contribution in [1.29, 1.82) is 0 Å².